The minimum Gasteiger partial charge on any atom is -0.328 e. The number of imide groups is 1. The highest BCUT2D eigenvalue weighted by Crippen LogP contribution is 2.30. The summed E-state index contributed by atoms with van der Waals surface area (Å²) in [6, 6.07) is 3.55. The van der Waals surface area contributed by atoms with Gasteiger partial charge in [0.1, 0.15) is 0 Å². The third kappa shape index (κ3) is 1.64. The van der Waals surface area contributed by atoms with Gasteiger partial charge in [-0.1, -0.05) is 19.1 Å². The fourth-order valence-electron chi connectivity index (χ4n) is 2.48. The van der Waals surface area contributed by atoms with E-state index in [9.17, 15) is 9.59 Å². The van der Waals surface area contributed by atoms with Crippen molar-refractivity contribution in [3.8, 4) is 0 Å². The maximum absolute atomic E-state index is 12.4. The van der Waals surface area contributed by atoms with Crippen molar-refractivity contribution in [3.63, 3.8) is 0 Å². The Morgan fingerprint density at radius 1 is 1.11 bits per heavy atom. The number of hydrogen-bond acceptors (Lipinski definition) is 3. The topological polar surface area (TPSA) is 63.4 Å². The Bertz CT molecular complexity index is 478. The summed E-state index contributed by atoms with van der Waals surface area (Å²) < 4.78 is 0. The zero-order valence-electron chi connectivity index (χ0n) is 11.0. The van der Waals surface area contributed by atoms with Gasteiger partial charge in [0.2, 0.25) is 0 Å². The van der Waals surface area contributed by atoms with Crippen LogP contribution in [0.2, 0.25) is 0 Å². The van der Waals surface area contributed by atoms with Crippen molar-refractivity contribution >= 4 is 11.8 Å². The Balaban J connectivity index is 2.57. The van der Waals surface area contributed by atoms with Crippen LogP contribution in [0.3, 0.4) is 0 Å². The minimum atomic E-state index is -0.212. The highest BCUT2D eigenvalue weighted by molar-refractivity contribution is 6.22. The van der Waals surface area contributed by atoms with E-state index in [4.69, 9.17) is 5.73 Å². The molecule has 0 bridgehead atoms. The first-order chi connectivity index (χ1) is 8.52. The second-order valence-electron chi connectivity index (χ2n) is 4.73. The van der Waals surface area contributed by atoms with Gasteiger partial charge in [0, 0.05) is 6.54 Å². The molecule has 0 saturated heterocycles. The van der Waals surface area contributed by atoms with E-state index in [-0.39, 0.29) is 17.9 Å². The first-order valence-corrected chi connectivity index (χ1v) is 6.21. The molecule has 4 nitrogen and oxygen atoms in total. The van der Waals surface area contributed by atoms with Crippen molar-refractivity contribution in [2.75, 3.05) is 6.54 Å². The lowest BCUT2D eigenvalue weighted by atomic mass is 9.99. The molecule has 2 rings (SSSR count). The Hall–Kier alpha value is -1.68. The van der Waals surface area contributed by atoms with E-state index in [0.29, 0.717) is 24.1 Å². The Labute approximate surface area is 107 Å². The smallest absolute Gasteiger partial charge is 0.262 e. The van der Waals surface area contributed by atoms with Crippen LogP contribution in [0.15, 0.2) is 12.1 Å². The zero-order valence-corrected chi connectivity index (χ0v) is 11.0. The summed E-state index contributed by atoms with van der Waals surface area (Å²) in [6.45, 7) is 5.95. The van der Waals surface area contributed by atoms with Gasteiger partial charge in [0.05, 0.1) is 17.2 Å². The Morgan fingerprint density at radius 3 is 1.89 bits per heavy atom. The number of nitrogens with two attached hydrogens (primary N) is 1. The Morgan fingerprint density at radius 2 is 1.56 bits per heavy atom. The molecule has 0 aromatic heterocycles. The van der Waals surface area contributed by atoms with Crippen molar-refractivity contribution < 1.29 is 9.59 Å². The SMILES string of the molecule is CCC(CN)N1C(=O)c2c(C)ccc(C)c2C1=O. The van der Waals surface area contributed by atoms with E-state index in [1.807, 2.05) is 32.9 Å². The van der Waals surface area contributed by atoms with Crippen LogP contribution in [0.1, 0.15) is 45.2 Å². The highest BCUT2D eigenvalue weighted by Gasteiger charge is 2.40. The van der Waals surface area contributed by atoms with Gasteiger partial charge < -0.3 is 5.73 Å². The lowest BCUT2D eigenvalue weighted by Gasteiger charge is -2.23. The molecule has 18 heavy (non-hydrogen) atoms. The number of benzene rings is 1. The number of carbonyl (C=O) groups is 2. The van der Waals surface area contributed by atoms with Crippen molar-refractivity contribution in [3.05, 3.63) is 34.4 Å². The maximum Gasteiger partial charge on any atom is 0.262 e. The minimum absolute atomic E-state index is 0.200. The summed E-state index contributed by atoms with van der Waals surface area (Å²) in [7, 11) is 0. The molecular formula is C14H18N2O2. The van der Waals surface area contributed by atoms with Gasteiger partial charge in [-0.25, -0.2) is 0 Å². The molecule has 1 unspecified atom stereocenters. The molecule has 0 aliphatic carbocycles. The molecule has 1 atom stereocenters. The van der Waals surface area contributed by atoms with Crippen LogP contribution < -0.4 is 5.73 Å². The van der Waals surface area contributed by atoms with E-state index in [0.717, 1.165) is 11.1 Å². The number of hydrogen-bond donors (Lipinski definition) is 1. The normalized spacial score (nSPS) is 16.1. The lowest BCUT2D eigenvalue weighted by molar-refractivity contribution is 0.0585. The van der Waals surface area contributed by atoms with Crippen molar-refractivity contribution in [1.82, 2.24) is 4.90 Å². The maximum atomic E-state index is 12.4. The molecule has 1 aromatic rings. The van der Waals surface area contributed by atoms with Crippen molar-refractivity contribution in [2.24, 2.45) is 5.73 Å². The second kappa shape index (κ2) is 4.53. The van der Waals surface area contributed by atoms with Gasteiger partial charge in [-0.3, -0.25) is 14.5 Å². The molecule has 1 heterocycles. The quantitative estimate of drug-likeness (QED) is 0.825. The summed E-state index contributed by atoms with van der Waals surface area (Å²) in [6.07, 6.45) is 0.681. The van der Waals surface area contributed by atoms with E-state index >= 15 is 0 Å². The van der Waals surface area contributed by atoms with Gasteiger partial charge in [-0.05, 0) is 31.4 Å². The average molecular weight is 246 g/mol. The van der Waals surface area contributed by atoms with E-state index in [1.54, 1.807) is 0 Å². The van der Waals surface area contributed by atoms with Gasteiger partial charge in [-0.15, -0.1) is 0 Å². The fourth-order valence-corrected chi connectivity index (χ4v) is 2.48. The van der Waals surface area contributed by atoms with E-state index < -0.39 is 0 Å². The van der Waals surface area contributed by atoms with Crippen LogP contribution >= 0.6 is 0 Å². The molecule has 2 amide bonds. The molecule has 0 fully saturated rings. The number of aryl methyl sites for hydroxylation is 2. The van der Waals surface area contributed by atoms with Gasteiger partial charge in [0.25, 0.3) is 11.8 Å². The lowest BCUT2D eigenvalue weighted by Crippen LogP contribution is -2.43. The molecule has 96 valence electrons. The summed E-state index contributed by atoms with van der Waals surface area (Å²) >= 11 is 0. The number of nitrogens with zero attached hydrogens (tertiary/aromatic N) is 1. The summed E-state index contributed by atoms with van der Waals surface area (Å²) in [4.78, 5) is 26.1. The number of amides is 2. The van der Waals surface area contributed by atoms with Crippen LogP contribution in [-0.4, -0.2) is 29.3 Å². The van der Waals surface area contributed by atoms with Gasteiger partial charge in [-0.2, -0.15) is 0 Å². The van der Waals surface area contributed by atoms with Crippen LogP contribution in [-0.2, 0) is 0 Å². The second-order valence-corrected chi connectivity index (χ2v) is 4.73. The average Bonchev–Trinajstić information content (AvgIpc) is 2.61. The summed E-state index contributed by atoms with van der Waals surface area (Å²) in [5.74, 6) is -0.401. The standard InChI is InChI=1S/C14H18N2O2/c1-4-10(7-15)16-13(17)11-8(2)5-6-9(3)12(11)14(16)18/h5-6,10H,4,7,15H2,1-3H3. The molecule has 0 spiro atoms. The van der Waals surface area contributed by atoms with Crippen molar-refractivity contribution in [2.45, 2.75) is 33.2 Å². The van der Waals surface area contributed by atoms with E-state index in [2.05, 4.69) is 0 Å². The van der Waals surface area contributed by atoms with E-state index in [1.165, 1.54) is 4.90 Å². The number of carbonyl (C=O) groups excluding carboxylic acids is 2. The third-order valence-corrected chi connectivity index (χ3v) is 3.60. The summed E-state index contributed by atoms with van der Waals surface area (Å²) in [5.41, 5.74) is 8.45. The first-order valence-electron chi connectivity index (χ1n) is 6.21. The Kier molecular flexibility index (Phi) is 3.22. The molecule has 1 aliphatic heterocycles. The van der Waals surface area contributed by atoms with Crippen LogP contribution in [0.5, 0.6) is 0 Å². The molecule has 1 aromatic carbocycles. The molecule has 4 heteroatoms. The molecular weight excluding hydrogens is 228 g/mol. The molecule has 2 N–H and O–H groups in total. The van der Waals surface area contributed by atoms with Crippen LogP contribution in [0, 0.1) is 13.8 Å². The van der Waals surface area contributed by atoms with Crippen LogP contribution in [0.25, 0.3) is 0 Å². The monoisotopic (exact) mass is 246 g/mol. The largest absolute Gasteiger partial charge is 0.328 e. The van der Waals surface area contributed by atoms with Gasteiger partial charge in [0.15, 0.2) is 0 Å². The number of rotatable bonds is 3. The highest BCUT2D eigenvalue weighted by atomic mass is 16.2. The summed E-state index contributed by atoms with van der Waals surface area (Å²) in [5, 5.41) is 0. The van der Waals surface area contributed by atoms with Gasteiger partial charge >= 0.3 is 0 Å². The van der Waals surface area contributed by atoms with Crippen LogP contribution in [0.4, 0.5) is 0 Å². The molecule has 0 radical (unpaired) electrons. The predicted molar refractivity (Wildman–Crippen MR) is 69.5 cm³/mol. The molecule has 0 saturated carbocycles. The first kappa shape index (κ1) is 12.8. The molecule has 1 aliphatic rings. The third-order valence-electron chi connectivity index (χ3n) is 3.60. The fraction of sp³-hybridized carbons (Fsp3) is 0.429. The van der Waals surface area contributed by atoms with Crippen molar-refractivity contribution in [1.29, 1.82) is 0 Å². The predicted octanol–water partition coefficient (Wildman–Crippen LogP) is 1.64. The number of fused-ring (bicyclic) bond motifs is 1. The zero-order chi connectivity index (χ0) is 13.4.